The van der Waals surface area contributed by atoms with Crippen LogP contribution in [-0.4, -0.2) is 40.9 Å². The first-order valence-electron chi connectivity index (χ1n) is 7.64. The molecule has 0 aliphatic carbocycles. The number of benzene rings is 1. The lowest BCUT2D eigenvalue weighted by atomic mass is 9.84. The molecule has 1 aromatic carbocycles. The van der Waals surface area contributed by atoms with E-state index in [9.17, 15) is 4.79 Å². The SMILES string of the molecule is C#Cc1ccc2c(C(=O)N[C@@H]3CN4CCC3CC4)nsc2c1. The molecule has 2 bridgehead atoms. The normalized spacial score (nSPS) is 26.8. The number of carbonyl (C=O) groups excluding carboxylic acids is 1. The maximum atomic E-state index is 12.6. The maximum Gasteiger partial charge on any atom is 0.271 e. The van der Waals surface area contributed by atoms with Crippen LogP contribution in [0.3, 0.4) is 0 Å². The fourth-order valence-electron chi connectivity index (χ4n) is 3.56. The second-order valence-corrected chi connectivity index (χ2v) is 6.91. The van der Waals surface area contributed by atoms with E-state index in [4.69, 9.17) is 6.42 Å². The number of carbonyl (C=O) groups is 1. The van der Waals surface area contributed by atoms with Crippen LogP contribution < -0.4 is 5.32 Å². The van der Waals surface area contributed by atoms with E-state index in [1.165, 1.54) is 37.5 Å². The topological polar surface area (TPSA) is 45.2 Å². The first kappa shape index (κ1) is 13.7. The molecule has 0 spiro atoms. The summed E-state index contributed by atoms with van der Waals surface area (Å²) >= 11 is 1.33. The minimum Gasteiger partial charge on any atom is -0.346 e. The van der Waals surface area contributed by atoms with Gasteiger partial charge in [0.25, 0.3) is 5.91 Å². The Kier molecular flexibility index (Phi) is 3.36. The van der Waals surface area contributed by atoms with Gasteiger partial charge in [0.15, 0.2) is 0 Å². The highest BCUT2D eigenvalue weighted by molar-refractivity contribution is 7.13. The number of nitrogens with one attached hydrogen (secondary N) is 1. The van der Waals surface area contributed by atoms with Crippen molar-refractivity contribution in [1.29, 1.82) is 0 Å². The van der Waals surface area contributed by atoms with Gasteiger partial charge in [-0.3, -0.25) is 4.79 Å². The average molecular weight is 311 g/mol. The predicted octanol–water partition coefficient (Wildman–Crippen LogP) is 2.10. The number of piperidine rings is 3. The maximum absolute atomic E-state index is 12.6. The molecule has 3 aliphatic heterocycles. The molecule has 1 amide bonds. The quantitative estimate of drug-likeness (QED) is 0.864. The van der Waals surface area contributed by atoms with E-state index in [0.717, 1.165) is 22.2 Å². The van der Waals surface area contributed by atoms with Crippen molar-refractivity contribution in [2.45, 2.75) is 18.9 Å². The van der Waals surface area contributed by atoms with Gasteiger partial charge in [0, 0.05) is 23.5 Å². The van der Waals surface area contributed by atoms with Crippen molar-refractivity contribution in [3.05, 3.63) is 29.5 Å². The van der Waals surface area contributed by atoms with Crippen LogP contribution in [0.2, 0.25) is 0 Å². The molecule has 4 heterocycles. The van der Waals surface area contributed by atoms with Crippen LogP contribution in [0.4, 0.5) is 0 Å². The lowest BCUT2D eigenvalue weighted by molar-refractivity contribution is 0.0619. The van der Waals surface area contributed by atoms with Gasteiger partial charge in [0.05, 0.1) is 4.70 Å². The summed E-state index contributed by atoms with van der Waals surface area (Å²) in [4.78, 5) is 15.0. The molecule has 112 valence electrons. The molecule has 5 rings (SSSR count). The van der Waals surface area contributed by atoms with Crippen molar-refractivity contribution in [2.75, 3.05) is 19.6 Å². The largest absolute Gasteiger partial charge is 0.346 e. The Balaban J connectivity index is 1.57. The molecule has 5 heteroatoms. The predicted molar refractivity (Wildman–Crippen MR) is 88.0 cm³/mol. The molecule has 0 radical (unpaired) electrons. The minimum atomic E-state index is -0.0570. The summed E-state index contributed by atoms with van der Waals surface area (Å²) in [6.45, 7) is 3.32. The van der Waals surface area contributed by atoms with Crippen LogP contribution in [0.25, 0.3) is 10.1 Å². The second kappa shape index (κ2) is 5.38. The number of aromatic nitrogens is 1. The van der Waals surface area contributed by atoms with Gasteiger partial charge >= 0.3 is 0 Å². The molecule has 0 saturated carbocycles. The molecule has 3 aliphatic rings. The number of hydrogen-bond donors (Lipinski definition) is 1. The van der Waals surface area contributed by atoms with Crippen LogP contribution >= 0.6 is 11.5 Å². The number of rotatable bonds is 2. The Morgan fingerprint density at radius 3 is 2.91 bits per heavy atom. The number of fused-ring (bicyclic) bond motifs is 4. The summed E-state index contributed by atoms with van der Waals surface area (Å²) in [5.41, 5.74) is 1.35. The Labute approximate surface area is 133 Å². The third-order valence-electron chi connectivity index (χ3n) is 4.83. The van der Waals surface area contributed by atoms with Crippen molar-refractivity contribution in [3.8, 4) is 12.3 Å². The van der Waals surface area contributed by atoms with Crippen LogP contribution in [-0.2, 0) is 0 Å². The Morgan fingerprint density at radius 1 is 1.41 bits per heavy atom. The van der Waals surface area contributed by atoms with Crippen molar-refractivity contribution in [1.82, 2.24) is 14.6 Å². The number of nitrogens with zero attached hydrogens (tertiary/aromatic N) is 2. The fraction of sp³-hybridized carbons (Fsp3) is 0.412. The van der Waals surface area contributed by atoms with E-state index in [2.05, 4.69) is 20.5 Å². The summed E-state index contributed by atoms with van der Waals surface area (Å²) < 4.78 is 5.31. The first-order valence-corrected chi connectivity index (χ1v) is 8.41. The summed E-state index contributed by atoms with van der Waals surface area (Å²) in [7, 11) is 0. The van der Waals surface area contributed by atoms with Crippen LogP contribution in [0.1, 0.15) is 28.9 Å². The highest BCUT2D eigenvalue weighted by atomic mass is 32.1. The van der Waals surface area contributed by atoms with Crippen molar-refractivity contribution in [3.63, 3.8) is 0 Å². The van der Waals surface area contributed by atoms with Gasteiger partial charge in [0.1, 0.15) is 5.69 Å². The third kappa shape index (κ3) is 2.29. The zero-order chi connectivity index (χ0) is 15.1. The van der Waals surface area contributed by atoms with Gasteiger partial charge in [-0.2, -0.15) is 4.37 Å². The zero-order valence-electron chi connectivity index (χ0n) is 12.2. The molecule has 3 saturated heterocycles. The summed E-state index contributed by atoms with van der Waals surface area (Å²) in [6.07, 6.45) is 7.79. The monoisotopic (exact) mass is 311 g/mol. The summed E-state index contributed by atoms with van der Waals surface area (Å²) in [5.74, 6) is 3.17. The highest BCUT2D eigenvalue weighted by Gasteiger charge is 2.35. The minimum absolute atomic E-state index is 0.0570. The van der Waals surface area contributed by atoms with Crippen LogP contribution in [0.15, 0.2) is 18.2 Å². The van der Waals surface area contributed by atoms with Gasteiger partial charge < -0.3 is 10.2 Å². The molecule has 22 heavy (non-hydrogen) atoms. The van der Waals surface area contributed by atoms with Gasteiger partial charge in [-0.15, -0.1) is 6.42 Å². The van der Waals surface area contributed by atoms with Crippen LogP contribution in [0, 0.1) is 18.3 Å². The van der Waals surface area contributed by atoms with Crippen LogP contribution in [0.5, 0.6) is 0 Å². The Bertz CT molecular complexity index is 768. The van der Waals surface area contributed by atoms with Gasteiger partial charge in [0.2, 0.25) is 0 Å². The first-order chi connectivity index (χ1) is 10.7. The molecule has 4 nitrogen and oxygen atoms in total. The van der Waals surface area contributed by atoms with Crippen molar-refractivity contribution < 1.29 is 4.79 Å². The Morgan fingerprint density at radius 2 is 2.23 bits per heavy atom. The lowest BCUT2D eigenvalue weighted by Crippen LogP contribution is -2.57. The standard InChI is InChI=1S/C17H17N3OS/c1-2-11-3-4-13-15(9-11)22-19-16(13)17(21)18-14-10-20-7-5-12(14)6-8-20/h1,3-4,9,12,14H,5-8,10H2,(H,18,21)/t14-/m1/s1. The van der Waals surface area contributed by atoms with Gasteiger partial charge in [-0.05, 0) is 61.6 Å². The smallest absolute Gasteiger partial charge is 0.271 e. The van der Waals surface area contributed by atoms with Gasteiger partial charge in [-0.25, -0.2) is 0 Å². The van der Waals surface area contributed by atoms with E-state index >= 15 is 0 Å². The fourth-order valence-corrected chi connectivity index (χ4v) is 4.37. The molecule has 3 fully saturated rings. The molecular formula is C17H17N3OS. The Hall–Kier alpha value is -1.90. The average Bonchev–Trinajstić information content (AvgIpc) is 2.99. The third-order valence-corrected chi connectivity index (χ3v) is 5.63. The highest BCUT2D eigenvalue weighted by Crippen LogP contribution is 2.28. The van der Waals surface area contributed by atoms with E-state index in [1.807, 2.05) is 18.2 Å². The number of amides is 1. The molecule has 1 aromatic heterocycles. The van der Waals surface area contributed by atoms with Gasteiger partial charge in [-0.1, -0.05) is 5.92 Å². The number of hydrogen-bond acceptors (Lipinski definition) is 4. The zero-order valence-corrected chi connectivity index (χ0v) is 13.0. The van der Waals surface area contributed by atoms with E-state index in [1.54, 1.807) is 0 Å². The van der Waals surface area contributed by atoms with E-state index in [0.29, 0.717) is 11.6 Å². The molecule has 2 aromatic rings. The molecule has 1 atom stereocenters. The second-order valence-electron chi connectivity index (χ2n) is 6.10. The van der Waals surface area contributed by atoms with E-state index < -0.39 is 0 Å². The lowest BCUT2D eigenvalue weighted by Gasteiger charge is -2.44. The van der Waals surface area contributed by atoms with E-state index in [-0.39, 0.29) is 11.9 Å². The molecule has 0 unspecified atom stereocenters. The number of terminal acetylenes is 1. The van der Waals surface area contributed by atoms with Crippen molar-refractivity contribution >= 4 is 27.5 Å². The molecular weight excluding hydrogens is 294 g/mol. The molecule has 1 N–H and O–H groups in total. The summed E-state index contributed by atoms with van der Waals surface area (Å²) in [5, 5.41) is 4.09. The van der Waals surface area contributed by atoms with Crippen molar-refractivity contribution in [2.24, 2.45) is 5.92 Å². The summed E-state index contributed by atoms with van der Waals surface area (Å²) in [6, 6.07) is 5.94.